The van der Waals surface area contributed by atoms with Crippen molar-refractivity contribution in [2.45, 2.75) is 19.3 Å². The van der Waals surface area contributed by atoms with Crippen LogP contribution in [0.2, 0.25) is 0 Å². The third-order valence-electron chi connectivity index (χ3n) is 1.80. The molecular weight excluding hydrogens is 393 g/mol. The average Bonchev–Trinajstić information content (AvgIpc) is 2.23. The van der Waals surface area contributed by atoms with Crippen LogP contribution in [0, 0.1) is 0 Å². The smallest absolute Gasteiger partial charge is 0.272 e. The number of H-pyrrole nitrogens is 1. The molecule has 0 saturated heterocycles. The number of carbonyl (C=O) groups is 1. The molecule has 1 heterocycles. The van der Waals surface area contributed by atoms with Gasteiger partial charge in [-0.3, -0.25) is 14.6 Å². The number of halogens is 2. The second-order valence-corrected chi connectivity index (χ2v) is 4.83. The molecule has 0 saturated carbocycles. The van der Waals surface area contributed by atoms with Gasteiger partial charge in [0.25, 0.3) is 11.5 Å². The van der Waals surface area contributed by atoms with Crippen molar-refractivity contribution in [3.8, 4) is 0 Å². The minimum atomic E-state index is -0.798. The number of carbonyl (C=O) groups excluding carboxylic acids is 1. The molecule has 0 aliphatic heterocycles. The number of rotatable bonds is 4. The molecule has 16 heavy (non-hydrogen) atoms. The van der Waals surface area contributed by atoms with Crippen LogP contribution >= 0.6 is 38.5 Å². The van der Waals surface area contributed by atoms with Gasteiger partial charge in [-0.1, -0.05) is 22.6 Å². The maximum absolute atomic E-state index is 11.6. The predicted molar refractivity (Wildman–Crippen MR) is 70.2 cm³/mol. The average molecular weight is 402 g/mol. The topological polar surface area (TPSA) is 84.8 Å². The number of aromatic nitrogens is 3. The minimum absolute atomic E-state index is 0.0747. The van der Waals surface area contributed by atoms with E-state index in [-0.39, 0.29) is 11.0 Å². The molecule has 0 atom stereocenters. The van der Waals surface area contributed by atoms with Crippen molar-refractivity contribution in [3.05, 3.63) is 25.4 Å². The van der Waals surface area contributed by atoms with E-state index >= 15 is 0 Å². The zero-order chi connectivity index (χ0) is 12.1. The fourth-order valence-electron chi connectivity index (χ4n) is 1.03. The lowest BCUT2D eigenvalue weighted by atomic mass is 10.2. The van der Waals surface area contributed by atoms with Crippen LogP contribution in [0.1, 0.15) is 24.1 Å². The van der Waals surface area contributed by atoms with Crippen LogP contribution in [0.4, 0.5) is 0 Å². The molecule has 0 aromatic carbocycles. The summed E-state index contributed by atoms with van der Waals surface area (Å²) in [6, 6.07) is 0. The number of hydrogen-bond acceptors (Lipinski definition) is 4. The van der Waals surface area contributed by atoms with Crippen LogP contribution in [0.3, 0.4) is 0 Å². The molecule has 88 valence electrons. The molecule has 0 fully saturated rings. The maximum atomic E-state index is 11.6. The van der Waals surface area contributed by atoms with E-state index in [1.54, 1.807) is 0 Å². The van der Waals surface area contributed by atoms with Gasteiger partial charge in [0, 0.05) is 6.42 Å². The number of nitrogens with zero attached hydrogens (tertiary/aromatic N) is 2. The van der Waals surface area contributed by atoms with Gasteiger partial charge >= 0.3 is 5.69 Å². The quantitative estimate of drug-likeness (QED) is 0.462. The molecule has 0 spiro atoms. The van der Waals surface area contributed by atoms with Gasteiger partial charge in [0.05, 0.1) is 0 Å². The molecule has 1 aromatic heterocycles. The van der Waals surface area contributed by atoms with E-state index in [9.17, 15) is 14.4 Å². The summed E-state index contributed by atoms with van der Waals surface area (Å²) in [7, 11) is 0. The Bertz CT molecular complexity index is 496. The number of alkyl halides is 1. The van der Waals surface area contributed by atoms with Gasteiger partial charge in [-0.15, -0.1) is 9.78 Å². The Kier molecular flexibility index (Phi) is 5.32. The lowest BCUT2D eigenvalue weighted by Gasteiger charge is -2.01. The van der Waals surface area contributed by atoms with Gasteiger partial charge in [-0.05, 0) is 33.2 Å². The third-order valence-corrected chi connectivity index (χ3v) is 3.08. The summed E-state index contributed by atoms with van der Waals surface area (Å²) in [5.74, 6) is -0.410. The number of hydrogen-bond donors (Lipinski definition) is 1. The van der Waals surface area contributed by atoms with Crippen molar-refractivity contribution in [2.24, 2.45) is 0 Å². The molecule has 0 aliphatic rings. The van der Waals surface area contributed by atoms with E-state index in [4.69, 9.17) is 0 Å². The standard InChI is InChI=1S/C8H9BrIN3O3/c9-6-7(15)11-8(16)13(12-6)5(14)3-1-2-4-10/h1-4H2,(H,11,15,16). The molecule has 1 rings (SSSR count). The normalized spacial score (nSPS) is 10.4. The van der Waals surface area contributed by atoms with Gasteiger partial charge in [0.2, 0.25) is 0 Å². The highest BCUT2D eigenvalue weighted by molar-refractivity contribution is 14.1. The Morgan fingerprint density at radius 1 is 1.44 bits per heavy atom. The van der Waals surface area contributed by atoms with E-state index in [1.165, 1.54) is 0 Å². The van der Waals surface area contributed by atoms with Crippen LogP contribution in [-0.4, -0.2) is 25.1 Å². The summed E-state index contributed by atoms with van der Waals surface area (Å²) in [4.78, 5) is 35.8. The van der Waals surface area contributed by atoms with Crippen molar-refractivity contribution in [3.63, 3.8) is 0 Å². The van der Waals surface area contributed by atoms with Gasteiger partial charge in [0.15, 0.2) is 4.60 Å². The van der Waals surface area contributed by atoms with E-state index < -0.39 is 17.2 Å². The first-order valence-electron chi connectivity index (χ1n) is 4.54. The maximum Gasteiger partial charge on any atom is 0.352 e. The van der Waals surface area contributed by atoms with Crippen molar-refractivity contribution in [1.82, 2.24) is 14.8 Å². The molecule has 0 radical (unpaired) electrons. The summed E-state index contributed by atoms with van der Waals surface area (Å²) in [5.41, 5.74) is -1.44. The van der Waals surface area contributed by atoms with Gasteiger partial charge < -0.3 is 0 Å². The Hall–Kier alpha value is -0.510. The van der Waals surface area contributed by atoms with Crippen LogP contribution in [0.15, 0.2) is 14.2 Å². The van der Waals surface area contributed by atoms with E-state index in [0.29, 0.717) is 11.1 Å². The van der Waals surface area contributed by atoms with Crippen LogP contribution in [0.5, 0.6) is 0 Å². The fraction of sp³-hybridized carbons (Fsp3) is 0.500. The molecular formula is C8H9BrIN3O3. The summed E-state index contributed by atoms with van der Waals surface area (Å²) in [6.07, 6.45) is 1.85. The zero-order valence-corrected chi connectivity index (χ0v) is 11.9. The third kappa shape index (κ3) is 3.51. The molecule has 8 heteroatoms. The first-order chi connectivity index (χ1) is 7.56. The Balaban J connectivity index is 2.88. The Morgan fingerprint density at radius 3 is 2.75 bits per heavy atom. The summed E-state index contributed by atoms with van der Waals surface area (Å²) < 4.78 is 1.57. The largest absolute Gasteiger partial charge is 0.352 e. The summed E-state index contributed by atoms with van der Waals surface area (Å²) >= 11 is 5.08. The van der Waals surface area contributed by atoms with Crippen molar-refractivity contribution < 1.29 is 4.79 Å². The van der Waals surface area contributed by atoms with E-state index in [1.807, 2.05) is 4.98 Å². The molecule has 0 bridgehead atoms. The van der Waals surface area contributed by atoms with E-state index in [0.717, 1.165) is 10.8 Å². The number of aromatic amines is 1. The fourth-order valence-corrected chi connectivity index (χ4v) is 1.82. The number of nitrogens with one attached hydrogen (secondary N) is 1. The zero-order valence-electron chi connectivity index (χ0n) is 8.20. The first kappa shape index (κ1) is 13.6. The van der Waals surface area contributed by atoms with Crippen molar-refractivity contribution >= 4 is 44.4 Å². The van der Waals surface area contributed by atoms with E-state index in [2.05, 4.69) is 43.6 Å². The Morgan fingerprint density at radius 2 is 2.12 bits per heavy atom. The lowest BCUT2D eigenvalue weighted by Crippen LogP contribution is -2.36. The van der Waals surface area contributed by atoms with Gasteiger partial charge in [-0.2, -0.15) is 0 Å². The first-order valence-corrected chi connectivity index (χ1v) is 6.86. The highest BCUT2D eigenvalue weighted by Gasteiger charge is 2.10. The monoisotopic (exact) mass is 401 g/mol. The molecule has 1 aromatic rings. The number of unbranched alkanes of at least 4 members (excludes halogenated alkanes) is 1. The highest BCUT2D eigenvalue weighted by atomic mass is 127. The van der Waals surface area contributed by atoms with Crippen molar-refractivity contribution in [2.75, 3.05) is 4.43 Å². The molecule has 6 nitrogen and oxygen atoms in total. The molecule has 0 aliphatic carbocycles. The van der Waals surface area contributed by atoms with Gasteiger partial charge in [0.1, 0.15) is 0 Å². The Labute approximate surface area is 113 Å². The predicted octanol–water partition coefficient (Wildman–Crippen LogP) is 0.940. The van der Waals surface area contributed by atoms with Gasteiger partial charge in [-0.25, -0.2) is 4.79 Å². The summed E-state index contributed by atoms with van der Waals surface area (Å²) in [6.45, 7) is 0. The summed E-state index contributed by atoms with van der Waals surface area (Å²) in [5, 5.41) is 3.58. The second kappa shape index (κ2) is 6.28. The second-order valence-electron chi connectivity index (χ2n) is 3.00. The van der Waals surface area contributed by atoms with Crippen LogP contribution < -0.4 is 11.2 Å². The molecule has 0 amide bonds. The van der Waals surface area contributed by atoms with Crippen molar-refractivity contribution in [1.29, 1.82) is 0 Å². The SMILES string of the molecule is O=C(CCCCI)n1nc(Br)c(=O)[nH]c1=O. The van der Waals surface area contributed by atoms with Crippen LogP contribution in [-0.2, 0) is 0 Å². The lowest BCUT2D eigenvalue weighted by molar-refractivity contribution is 0.0874. The molecule has 1 N–H and O–H groups in total. The minimum Gasteiger partial charge on any atom is -0.272 e. The molecule has 0 unspecified atom stereocenters. The van der Waals surface area contributed by atoms with Crippen LogP contribution in [0.25, 0.3) is 0 Å². The highest BCUT2D eigenvalue weighted by Crippen LogP contribution is 2.00.